The highest BCUT2D eigenvalue weighted by Crippen LogP contribution is 2.44. The Balaban J connectivity index is 2.15. The van der Waals surface area contributed by atoms with Crippen molar-refractivity contribution in [2.75, 3.05) is 0 Å². The molecule has 4 aromatic rings. The quantitative estimate of drug-likeness (QED) is 0.317. The zero-order valence-corrected chi connectivity index (χ0v) is 15.3. The fourth-order valence-electron chi connectivity index (χ4n) is 2.46. The second-order valence-electron chi connectivity index (χ2n) is 4.70. The van der Waals surface area contributed by atoms with Crippen molar-refractivity contribution in [3.8, 4) is 5.69 Å². The van der Waals surface area contributed by atoms with Crippen LogP contribution in [-0.4, -0.2) is 4.57 Å². The molecule has 1 aromatic carbocycles. The fourth-order valence-corrected chi connectivity index (χ4v) is 5.75. The third-order valence-electron chi connectivity index (χ3n) is 3.35. The first-order chi connectivity index (χ1) is 9.63. The maximum Gasteiger partial charge on any atom is 0.0727 e. The van der Waals surface area contributed by atoms with E-state index in [1.54, 1.807) is 22.7 Å². The lowest BCUT2D eigenvalue weighted by Gasteiger charge is -2.06. The molecule has 4 rings (SSSR count). The summed E-state index contributed by atoms with van der Waals surface area (Å²) in [4.78, 5) is 0. The summed E-state index contributed by atoms with van der Waals surface area (Å²) in [7, 11) is 0. The number of aryl methyl sites for hydroxylation is 1. The average Bonchev–Trinajstić information content (AvgIpc) is 3.01. The van der Waals surface area contributed by atoms with E-state index in [1.807, 2.05) is 0 Å². The van der Waals surface area contributed by atoms with Gasteiger partial charge in [0.25, 0.3) is 0 Å². The van der Waals surface area contributed by atoms with Crippen LogP contribution in [0.3, 0.4) is 0 Å². The zero-order chi connectivity index (χ0) is 13.9. The van der Waals surface area contributed by atoms with Gasteiger partial charge in [0.2, 0.25) is 0 Å². The number of hydrogen-bond acceptors (Lipinski definition) is 2. The molecule has 100 valence electrons. The van der Waals surface area contributed by atoms with Crippen LogP contribution in [0.4, 0.5) is 0 Å². The summed E-state index contributed by atoms with van der Waals surface area (Å²) in [6.45, 7) is 2.12. The predicted octanol–water partition coefficient (Wildman–Crippen LogP) is 6.74. The number of fused-ring (bicyclic) bond motifs is 3. The first kappa shape index (κ1) is 13.1. The van der Waals surface area contributed by atoms with Crippen LogP contribution in [0.2, 0.25) is 0 Å². The van der Waals surface area contributed by atoms with Gasteiger partial charge in [0.1, 0.15) is 0 Å². The Bertz CT molecular complexity index is 874. The molecule has 0 N–H and O–H groups in total. The van der Waals surface area contributed by atoms with E-state index < -0.39 is 0 Å². The van der Waals surface area contributed by atoms with E-state index in [4.69, 9.17) is 0 Å². The molecule has 20 heavy (non-hydrogen) atoms. The van der Waals surface area contributed by atoms with Gasteiger partial charge in [-0.15, -0.1) is 22.7 Å². The molecule has 0 fully saturated rings. The van der Waals surface area contributed by atoms with Crippen molar-refractivity contribution in [1.29, 1.82) is 0 Å². The lowest BCUT2D eigenvalue weighted by atomic mass is 10.2. The van der Waals surface area contributed by atoms with Crippen molar-refractivity contribution in [2.24, 2.45) is 0 Å². The Morgan fingerprint density at radius 1 is 0.850 bits per heavy atom. The molecule has 0 atom stereocenters. The van der Waals surface area contributed by atoms with E-state index in [0.717, 1.165) is 0 Å². The molecule has 0 unspecified atom stereocenters. The summed E-state index contributed by atoms with van der Waals surface area (Å²) in [6.07, 6.45) is 0. The lowest BCUT2D eigenvalue weighted by molar-refractivity contribution is 1.18. The van der Waals surface area contributed by atoms with E-state index in [9.17, 15) is 0 Å². The van der Waals surface area contributed by atoms with E-state index in [-0.39, 0.29) is 0 Å². The lowest BCUT2D eigenvalue weighted by Crippen LogP contribution is -1.92. The van der Waals surface area contributed by atoms with E-state index in [0.29, 0.717) is 0 Å². The zero-order valence-electron chi connectivity index (χ0n) is 10.5. The molecule has 3 aromatic heterocycles. The summed E-state index contributed by atoms with van der Waals surface area (Å²) in [5.41, 5.74) is 5.05. The summed E-state index contributed by atoms with van der Waals surface area (Å²) in [6, 6.07) is 13.1. The van der Waals surface area contributed by atoms with Gasteiger partial charge in [0.15, 0.2) is 0 Å². The normalized spacial score (nSPS) is 11.8. The number of rotatable bonds is 1. The minimum absolute atomic E-state index is 1.18. The molecular formula is C15H9Br2NS2. The van der Waals surface area contributed by atoms with Crippen LogP contribution in [0.15, 0.2) is 44.0 Å². The third-order valence-corrected chi connectivity index (χ3v) is 6.76. The van der Waals surface area contributed by atoms with E-state index >= 15 is 0 Å². The van der Waals surface area contributed by atoms with Gasteiger partial charge in [0.05, 0.1) is 28.0 Å². The van der Waals surface area contributed by atoms with Gasteiger partial charge < -0.3 is 4.57 Å². The molecule has 0 aliphatic carbocycles. The molecule has 0 saturated heterocycles. The van der Waals surface area contributed by atoms with Gasteiger partial charge in [-0.25, -0.2) is 0 Å². The van der Waals surface area contributed by atoms with Crippen molar-refractivity contribution >= 4 is 75.0 Å². The number of nitrogens with zero attached hydrogens (tertiary/aromatic N) is 1. The Labute approximate surface area is 141 Å². The molecule has 0 aliphatic rings. The van der Waals surface area contributed by atoms with Crippen LogP contribution < -0.4 is 0 Å². The summed E-state index contributed by atoms with van der Waals surface area (Å²) in [5.74, 6) is 0. The molecule has 0 radical (unpaired) electrons. The number of thiophene rings is 2. The van der Waals surface area contributed by atoms with Gasteiger partial charge >= 0.3 is 0 Å². The second-order valence-corrected chi connectivity index (χ2v) is 9.56. The van der Waals surface area contributed by atoms with Crippen LogP contribution >= 0.6 is 54.5 Å². The first-order valence-electron chi connectivity index (χ1n) is 6.09. The topological polar surface area (TPSA) is 4.93 Å². The van der Waals surface area contributed by atoms with Crippen LogP contribution in [0, 0.1) is 6.92 Å². The van der Waals surface area contributed by atoms with Crippen LogP contribution in [-0.2, 0) is 0 Å². The molecule has 0 amide bonds. The third kappa shape index (κ3) is 1.91. The van der Waals surface area contributed by atoms with Crippen molar-refractivity contribution < 1.29 is 0 Å². The van der Waals surface area contributed by atoms with Gasteiger partial charge in [-0.3, -0.25) is 0 Å². The molecule has 0 saturated carbocycles. The van der Waals surface area contributed by atoms with Gasteiger partial charge in [-0.05, 0) is 63.0 Å². The molecule has 5 heteroatoms. The number of aromatic nitrogens is 1. The summed E-state index contributed by atoms with van der Waals surface area (Å²) in [5, 5.41) is 0. The largest absolute Gasteiger partial charge is 0.307 e. The summed E-state index contributed by atoms with van der Waals surface area (Å²) >= 11 is 10.8. The van der Waals surface area contributed by atoms with E-state index in [2.05, 4.69) is 79.7 Å². The van der Waals surface area contributed by atoms with Crippen molar-refractivity contribution in [3.05, 3.63) is 49.5 Å². The van der Waals surface area contributed by atoms with Gasteiger partial charge in [-0.2, -0.15) is 0 Å². The number of halogens is 2. The minimum Gasteiger partial charge on any atom is -0.307 e. The van der Waals surface area contributed by atoms with Crippen molar-refractivity contribution in [3.63, 3.8) is 0 Å². The van der Waals surface area contributed by atoms with Crippen molar-refractivity contribution in [1.82, 2.24) is 4.57 Å². The maximum absolute atomic E-state index is 3.61. The van der Waals surface area contributed by atoms with Gasteiger partial charge in [0, 0.05) is 5.69 Å². The predicted molar refractivity (Wildman–Crippen MR) is 96.7 cm³/mol. The molecule has 0 aliphatic heterocycles. The highest BCUT2D eigenvalue weighted by atomic mass is 79.9. The number of hydrogen-bond donors (Lipinski definition) is 0. The highest BCUT2D eigenvalue weighted by Gasteiger charge is 2.17. The Kier molecular flexibility index (Phi) is 3.07. The Hall–Kier alpha value is -0.620. The second kappa shape index (κ2) is 4.70. The van der Waals surface area contributed by atoms with Crippen LogP contribution in [0.25, 0.3) is 26.1 Å². The minimum atomic E-state index is 1.18. The molecule has 3 heterocycles. The van der Waals surface area contributed by atoms with Gasteiger partial charge in [-0.1, -0.05) is 17.7 Å². The fraction of sp³-hybridized carbons (Fsp3) is 0.0667. The summed E-state index contributed by atoms with van der Waals surface area (Å²) < 4.78 is 7.39. The smallest absolute Gasteiger partial charge is 0.0727 e. The Morgan fingerprint density at radius 2 is 1.35 bits per heavy atom. The highest BCUT2D eigenvalue weighted by molar-refractivity contribution is 9.11. The number of benzene rings is 1. The first-order valence-corrected chi connectivity index (χ1v) is 9.31. The monoisotopic (exact) mass is 425 g/mol. The van der Waals surface area contributed by atoms with Crippen LogP contribution in [0.1, 0.15) is 5.56 Å². The van der Waals surface area contributed by atoms with Crippen molar-refractivity contribution in [2.45, 2.75) is 6.92 Å². The maximum atomic E-state index is 3.61. The van der Waals surface area contributed by atoms with E-state index in [1.165, 1.54) is 39.3 Å². The standard InChI is InChI=1S/C15H9Br2NS2/c1-8-2-4-9(5-3-8)18-10-6-12(16)19-14(10)15-11(18)7-13(17)20-15/h2-7H,1H3. The SMILES string of the molecule is Cc1ccc(-n2c3cc(Br)sc3c3sc(Br)cc32)cc1. The molecule has 0 bridgehead atoms. The Morgan fingerprint density at radius 3 is 1.85 bits per heavy atom. The molecular weight excluding hydrogens is 418 g/mol. The van der Waals surface area contributed by atoms with Crippen LogP contribution in [0.5, 0.6) is 0 Å². The average molecular weight is 427 g/mol. The molecule has 0 spiro atoms. The molecule has 1 nitrogen and oxygen atoms in total.